The highest BCUT2D eigenvalue weighted by atomic mass is 16.5. The van der Waals surface area contributed by atoms with E-state index in [4.69, 9.17) is 4.74 Å². The molecule has 2 rings (SSSR count). The summed E-state index contributed by atoms with van der Waals surface area (Å²) in [6.07, 6.45) is 10.4. The maximum Gasteiger partial charge on any atom is 0.0666 e. The fraction of sp³-hybridized carbons (Fsp3) is 0.833. The summed E-state index contributed by atoms with van der Waals surface area (Å²) < 4.78 is 5.28. The highest BCUT2D eigenvalue weighted by molar-refractivity contribution is 5.07. The lowest BCUT2D eigenvalue weighted by atomic mass is 10.0. The molecule has 0 aromatic carbocycles. The lowest BCUT2D eigenvalue weighted by Gasteiger charge is -2.30. The van der Waals surface area contributed by atoms with E-state index in [1.807, 2.05) is 7.11 Å². The Morgan fingerprint density at radius 1 is 1.43 bits per heavy atom. The van der Waals surface area contributed by atoms with Gasteiger partial charge < -0.3 is 9.64 Å². The average Bonchev–Trinajstić information content (AvgIpc) is 2.68. The van der Waals surface area contributed by atoms with E-state index in [1.54, 1.807) is 5.70 Å². The molecule has 0 aromatic rings. The molecule has 1 fully saturated rings. The Morgan fingerprint density at radius 3 is 3.07 bits per heavy atom. The Bertz CT molecular complexity index is 212. The first kappa shape index (κ1) is 10.0. The molecule has 0 radical (unpaired) electrons. The molecular weight excluding hydrogens is 174 g/mol. The van der Waals surface area contributed by atoms with Crippen LogP contribution in [0.2, 0.25) is 0 Å². The van der Waals surface area contributed by atoms with Crippen LogP contribution in [-0.4, -0.2) is 31.2 Å². The molecule has 0 amide bonds. The minimum Gasteiger partial charge on any atom is -0.383 e. The van der Waals surface area contributed by atoms with Crippen molar-refractivity contribution < 1.29 is 4.74 Å². The molecule has 1 aliphatic carbocycles. The Kier molecular flexibility index (Phi) is 3.46. The Labute approximate surface area is 86.9 Å². The van der Waals surface area contributed by atoms with Crippen molar-refractivity contribution in [3.05, 3.63) is 11.8 Å². The quantitative estimate of drug-likeness (QED) is 0.686. The largest absolute Gasteiger partial charge is 0.383 e. The third-order valence-electron chi connectivity index (χ3n) is 3.37. The second-order valence-corrected chi connectivity index (χ2v) is 4.39. The summed E-state index contributed by atoms with van der Waals surface area (Å²) in [6.45, 7) is 2.15. The van der Waals surface area contributed by atoms with E-state index < -0.39 is 0 Å². The molecule has 1 unspecified atom stereocenters. The van der Waals surface area contributed by atoms with E-state index in [0.29, 0.717) is 6.04 Å². The van der Waals surface area contributed by atoms with Crippen molar-refractivity contribution >= 4 is 0 Å². The van der Waals surface area contributed by atoms with Gasteiger partial charge >= 0.3 is 0 Å². The molecule has 0 bridgehead atoms. The predicted octanol–water partition coefficient (Wildman–Crippen LogP) is 2.56. The zero-order valence-electron chi connectivity index (χ0n) is 9.17. The van der Waals surface area contributed by atoms with Crippen LogP contribution in [0, 0.1) is 0 Å². The van der Waals surface area contributed by atoms with Gasteiger partial charge in [-0.15, -0.1) is 0 Å². The molecule has 1 saturated heterocycles. The molecule has 2 aliphatic rings. The maximum absolute atomic E-state index is 5.28. The molecule has 80 valence electrons. The number of methoxy groups -OCH3 is 1. The van der Waals surface area contributed by atoms with Gasteiger partial charge in [-0.1, -0.05) is 6.08 Å². The third kappa shape index (κ3) is 2.11. The summed E-state index contributed by atoms with van der Waals surface area (Å²) in [5, 5.41) is 0. The first-order chi connectivity index (χ1) is 6.92. The van der Waals surface area contributed by atoms with E-state index >= 15 is 0 Å². The van der Waals surface area contributed by atoms with Gasteiger partial charge in [0.05, 0.1) is 12.6 Å². The van der Waals surface area contributed by atoms with Crippen LogP contribution in [0.15, 0.2) is 11.8 Å². The normalized spacial score (nSPS) is 27.9. The smallest absolute Gasteiger partial charge is 0.0666 e. The van der Waals surface area contributed by atoms with Crippen LogP contribution in [0.3, 0.4) is 0 Å². The Morgan fingerprint density at radius 2 is 2.36 bits per heavy atom. The Balaban J connectivity index is 1.97. The second kappa shape index (κ2) is 4.83. The zero-order valence-corrected chi connectivity index (χ0v) is 9.17. The third-order valence-corrected chi connectivity index (χ3v) is 3.37. The summed E-state index contributed by atoms with van der Waals surface area (Å²) in [5.74, 6) is 0. The van der Waals surface area contributed by atoms with Gasteiger partial charge in [0.2, 0.25) is 0 Å². The molecule has 14 heavy (non-hydrogen) atoms. The van der Waals surface area contributed by atoms with Crippen molar-refractivity contribution in [1.82, 2.24) is 4.90 Å². The minimum atomic E-state index is 0.657. The van der Waals surface area contributed by atoms with Crippen LogP contribution in [0.4, 0.5) is 0 Å². The lowest BCUT2D eigenvalue weighted by Crippen LogP contribution is -2.32. The SMILES string of the molecule is COCC1CCCN1C1=CCCCC1. The molecule has 2 nitrogen and oxygen atoms in total. The number of ether oxygens (including phenoxy) is 1. The number of nitrogens with zero attached hydrogens (tertiary/aromatic N) is 1. The average molecular weight is 195 g/mol. The van der Waals surface area contributed by atoms with Crippen LogP contribution in [0.1, 0.15) is 38.5 Å². The van der Waals surface area contributed by atoms with Gasteiger partial charge in [0.1, 0.15) is 0 Å². The minimum absolute atomic E-state index is 0.657. The molecule has 1 aliphatic heterocycles. The van der Waals surface area contributed by atoms with Crippen LogP contribution in [0.5, 0.6) is 0 Å². The fourth-order valence-electron chi connectivity index (χ4n) is 2.66. The van der Waals surface area contributed by atoms with Crippen molar-refractivity contribution in [2.75, 3.05) is 20.3 Å². The summed E-state index contributed by atoms with van der Waals surface area (Å²) in [6, 6.07) is 0.657. The summed E-state index contributed by atoms with van der Waals surface area (Å²) >= 11 is 0. The molecule has 0 spiro atoms. The first-order valence-corrected chi connectivity index (χ1v) is 5.86. The number of hydrogen-bond donors (Lipinski definition) is 0. The van der Waals surface area contributed by atoms with E-state index in [-0.39, 0.29) is 0 Å². The van der Waals surface area contributed by atoms with Gasteiger partial charge in [0, 0.05) is 19.4 Å². The topological polar surface area (TPSA) is 12.5 Å². The molecule has 0 saturated carbocycles. The predicted molar refractivity (Wildman–Crippen MR) is 58.2 cm³/mol. The number of hydrogen-bond acceptors (Lipinski definition) is 2. The highest BCUT2D eigenvalue weighted by Crippen LogP contribution is 2.28. The van der Waals surface area contributed by atoms with Crippen molar-refractivity contribution in [3.8, 4) is 0 Å². The van der Waals surface area contributed by atoms with E-state index in [2.05, 4.69) is 11.0 Å². The Hall–Kier alpha value is -0.500. The number of allylic oxidation sites excluding steroid dienone is 2. The van der Waals surface area contributed by atoms with Gasteiger partial charge in [0.25, 0.3) is 0 Å². The van der Waals surface area contributed by atoms with E-state index in [1.165, 1.54) is 45.1 Å². The zero-order chi connectivity index (χ0) is 9.80. The molecular formula is C12H21NO. The number of likely N-dealkylation sites (tertiary alicyclic amines) is 1. The summed E-state index contributed by atoms with van der Waals surface area (Å²) in [7, 11) is 1.81. The van der Waals surface area contributed by atoms with Gasteiger partial charge in [-0.2, -0.15) is 0 Å². The van der Waals surface area contributed by atoms with Gasteiger partial charge in [-0.05, 0) is 38.5 Å². The maximum atomic E-state index is 5.28. The van der Waals surface area contributed by atoms with Gasteiger partial charge in [-0.25, -0.2) is 0 Å². The van der Waals surface area contributed by atoms with Crippen molar-refractivity contribution in [3.63, 3.8) is 0 Å². The van der Waals surface area contributed by atoms with Crippen LogP contribution in [-0.2, 0) is 4.74 Å². The fourth-order valence-corrected chi connectivity index (χ4v) is 2.66. The molecule has 2 heteroatoms. The van der Waals surface area contributed by atoms with Gasteiger partial charge in [-0.3, -0.25) is 0 Å². The van der Waals surface area contributed by atoms with Crippen LogP contribution in [0.25, 0.3) is 0 Å². The van der Waals surface area contributed by atoms with E-state index in [0.717, 1.165) is 6.61 Å². The number of rotatable bonds is 3. The lowest BCUT2D eigenvalue weighted by molar-refractivity contribution is 0.129. The van der Waals surface area contributed by atoms with Gasteiger partial charge in [0.15, 0.2) is 0 Å². The van der Waals surface area contributed by atoms with Crippen LogP contribution >= 0.6 is 0 Å². The van der Waals surface area contributed by atoms with E-state index in [9.17, 15) is 0 Å². The molecule has 1 atom stereocenters. The van der Waals surface area contributed by atoms with Crippen LogP contribution < -0.4 is 0 Å². The molecule has 1 heterocycles. The van der Waals surface area contributed by atoms with Crippen molar-refractivity contribution in [1.29, 1.82) is 0 Å². The second-order valence-electron chi connectivity index (χ2n) is 4.39. The monoisotopic (exact) mass is 195 g/mol. The molecule has 0 N–H and O–H groups in total. The summed E-state index contributed by atoms with van der Waals surface area (Å²) in [5.41, 5.74) is 1.59. The van der Waals surface area contributed by atoms with Crippen molar-refractivity contribution in [2.24, 2.45) is 0 Å². The summed E-state index contributed by atoms with van der Waals surface area (Å²) in [4.78, 5) is 2.59. The van der Waals surface area contributed by atoms with Crippen molar-refractivity contribution in [2.45, 2.75) is 44.6 Å². The first-order valence-electron chi connectivity index (χ1n) is 5.86. The standard InChI is InChI=1S/C12H21NO/c1-14-10-12-8-5-9-13(12)11-6-3-2-4-7-11/h6,12H,2-5,7-10H2,1H3. The highest BCUT2D eigenvalue weighted by Gasteiger charge is 2.26. The molecule has 0 aromatic heterocycles.